The van der Waals surface area contributed by atoms with Gasteiger partial charge in [-0.25, -0.2) is 8.42 Å². The topological polar surface area (TPSA) is 61.2 Å². The van der Waals surface area contributed by atoms with Gasteiger partial charge in [0.15, 0.2) is 0 Å². The second-order valence-corrected chi connectivity index (χ2v) is 7.54. The van der Waals surface area contributed by atoms with Gasteiger partial charge in [-0.15, -0.1) is 11.3 Å². The summed E-state index contributed by atoms with van der Waals surface area (Å²) < 4.78 is 26.7. The van der Waals surface area contributed by atoms with Crippen molar-refractivity contribution in [1.29, 1.82) is 5.26 Å². The molecule has 1 aromatic carbocycles. The van der Waals surface area contributed by atoms with E-state index in [1.54, 1.807) is 29.5 Å². The number of rotatable bonds is 2. The molecule has 0 radical (unpaired) electrons. The van der Waals surface area contributed by atoms with Gasteiger partial charge in [0.25, 0.3) is 0 Å². The molecule has 0 N–H and O–H groups in total. The van der Waals surface area contributed by atoms with E-state index in [-0.39, 0.29) is 4.90 Å². The predicted molar refractivity (Wildman–Crippen MR) is 76.8 cm³/mol. The lowest BCUT2D eigenvalue weighted by Gasteiger charge is -2.26. The Labute approximate surface area is 121 Å². The molecule has 0 unspecified atom stereocenters. The van der Waals surface area contributed by atoms with Crippen LogP contribution in [0.1, 0.15) is 16.0 Å². The van der Waals surface area contributed by atoms with Gasteiger partial charge in [0.2, 0.25) is 10.0 Å². The standard InChI is InChI=1S/C14H12N2O2S2/c15-9-11-2-1-3-13(8-11)20(17,18)16-6-4-14-12(10-16)5-7-19-14/h1-3,5,7-8H,4,6,10H2. The Morgan fingerprint density at radius 2 is 2.15 bits per heavy atom. The van der Waals surface area contributed by atoms with Crippen molar-refractivity contribution in [2.24, 2.45) is 0 Å². The van der Waals surface area contributed by atoms with Gasteiger partial charge in [0.05, 0.1) is 16.5 Å². The Balaban J connectivity index is 1.95. The van der Waals surface area contributed by atoms with Gasteiger partial charge in [0, 0.05) is 18.0 Å². The zero-order valence-electron chi connectivity index (χ0n) is 10.6. The molecular weight excluding hydrogens is 292 g/mol. The maximum Gasteiger partial charge on any atom is 0.243 e. The third-order valence-electron chi connectivity index (χ3n) is 3.37. The molecule has 1 aliphatic heterocycles. The molecule has 0 bridgehead atoms. The lowest BCUT2D eigenvalue weighted by atomic mass is 10.1. The van der Waals surface area contributed by atoms with Crippen LogP contribution in [0.15, 0.2) is 40.6 Å². The molecule has 3 rings (SSSR count). The number of hydrogen-bond donors (Lipinski definition) is 0. The number of benzene rings is 1. The maximum absolute atomic E-state index is 12.6. The van der Waals surface area contributed by atoms with Crippen LogP contribution in [0.5, 0.6) is 0 Å². The highest BCUT2D eigenvalue weighted by atomic mass is 32.2. The Morgan fingerprint density at radius 1 is 1.30 bits per heavy atom. The third-order valence-corrected chi connectivity index (χ3v) is 6.24. The summed E-state index contributed by atoms with van der Waals surface area (Å²) in [5.41, 5.74) is 1.44. The molecule has 2 heterocycles. The number of fused-ring (bicyclic) bond motifs is 1. The second-order valence-electron chi connectivity index (χ2n) is 4.60. The lowest BCUT2D eigenvalue weighted by Crippen LogP contribution is -2.35. The van der Waals surface area contributed by atoms with Crippen LogP contribution in [0.2, 0.25) is 0 Å². The highest BCUT2D eigenvalue weighted by Gasteiger charge is 2.28. The molecule has 1 aromatic heterocycles. The van der Waals surface area contributed by atoms with Crippen molar-refractivity contribution in [2.75, 3.05) is 6.54 Å². The summed E-state index contributed by atoms with van der Waals surface area (Å²) in [6.45, 7) is 0.907. The Hall–Kier alpha value is -1.68. The predicted octanol–water partition coefficient (Wildman–Crippen LogP) is 2.37. The first-order valence-electron chi connectivity index (χ1n) is 6.17. The first-order valence-corrected chi connectivity index (χ1v) is 8.49. The van der Waals surface area contributed by atoms with E-state index >= 15 is 0 Å². The molecule has 0 atom stereocenters. The number of thiophene rings is 1. The summed E-state index contributed by atoms with van der Waals surface area (Å²) in [5.74, 6) is 0. The van der Waals surface area contributed by atoms with Crippen molar-refractivity contribution >= 4 is 21.4 Å². The highest BCUT2D eigenvalue weighted by molar-refractivity contribution is 7.89. The Morgan fingerprint density at radius 3 is 2.95 bits per heavy atom. The molecule has 0 amide bonds. The summed E-state index contributed by atoms with van der Waals surface area (Å²) >= 11 is 1.68. The van der Waals surface area contributed by atoms with E-state index in [4.69, 9.17) is 5.26 Å². The molecule has 6 heteroatoms. The Kier molecular flexibility index (Phi) is 3.34. The van der Waals surface area contributed by atoms with Crippen molar-refractivity contribution in [3.63, 3.8) is 0 Å². The van der Waals surface area contributed by atoms with Crippen LogP contribution in [0.4, 0.5) is 0 Å². The zero-order valence-corrected chi connectivity index (χ0v) is 12.2. The van der Waals surface area contributed by atoms with Gasteiger partial charge < -0.3 is 0 Å². The van der Waals surface area contributed by atoms with E-state index < -0.39 is 10.0 Å². The minimum atomic E-state index is -3.53. The van der Waals surface area contributed by atoms with E-state index in [1.165, 1.54) is 15.2 Å². The highest BCUT2D eigenvalue weighted by Crippen LogP contribution is 2.28. The fraction of sp³-hybridized carbons (Fsp3) is 0.214. The van der Waals surface area contributed by atoms with Gasteiger partial charge in [-0.2, -0.15) is 9.57 Å². The number of nitriles is 1. The number of nitrogens with zero attached hydrogens (tertiary/aromatic N) is 2. The average Bonchev–Trinajstić information content (AvgIpc) is 2.94. The smallest absolute Gasteiger partial charge is 0.207 e. The van der Waals surface area contributed by atoms with Crippen LogP contribution >= 0.6 is 11.3 Å². The van der Waals surface area contributed by atoms with Crippen LogP contribution in [0.3, 0.4) is 0 Å². The van der Waals surface area contributed by atoms with Crippen molar-refractivity contribution in [2.45, 2.75) is 17.9 Å². The van der Waals surface area contributed by atoms with Gasteiger partial charge >= 0.3 is 0 Å². The van der Waals surface area contributed by atoms with Crippen LogP contribution < -0.4 is 0 Å². The average molecular weight is 304 g/mol. The maximum atomic E-state index is 12.6. The first kappa shape index (κ1) is 13.3. The molecule has 0 aliphatic carbocycles. The van der Waals surface area contributed by atoms with E-state index in [0.717, 1.165) is 12.0 Å². The van der Waals surface area contributed by atoms with E-state index in [2.05, 4.69) is 0 Å². The van der Waals surface area contributed by atoms with E-state index in [9.17, 15) is 8.42 Å². The van der Waals surface area contributed by atoms with Crippen LogP contribution in [-0.4, -0.2) is 19.3 Å². The molecular formula is C14H12N2O2S2. The number of sulfonamides is 1. The molecule has 0 spiro atoms. The minimum Gasteiger partial charge on any atom is -0.207 e. The van der Waals surface area contributed by atoms with Crippen molar-refractivity contribution in [1.82, 2.24) is 4.31 Å². The monoisotopic (exact) mass is 304 g/mol. The quantitative estimate of drug-likeness (QED) is 0.855. The fourth-order valence-corrected chi connectivity index (χ4v) is 4.66. The Bertz CT molecular complexity index is 788. The van der Waals surface area contributed by atoms with Crippen LogP contribution in [0.25, 0.3) is 0 Å². The van der Waals surface area contributed by atoms with Crippen molar-refractivity contribution in [3.05, 3.63) is 51.7 Å². The molecule has 102 valence electrons. The molecule has 1 aliphatic rings. The summed E-state index contributed by atoms with van der Waals surface area (Å²) in [6.07, 6.45) is 0.754. The molecule has 0 saturated heterocycles. The van der Waals surface area contributed by atoms with Gasteiger partial charge in [-0.05, 0) is 41.6 Å². The SMILES string of the molecule is N#Cc1cccc(S(=O)(=O)N2CCc3sccc3C2)c1. The molecule has 0 fully saturated rings. The minimum absolute atomic E-state index is 0.190. The molecule has 2 aromatic rings. The summed E-state index contributed by atoms with van der Waals surface area (Å²) in [7, 11) is -3.53. The molecule has 20 heavy (non-hydrogen) atoms. The molecule has 0 saturated carbocycles. The normalized spacial score (nSPS) is 15.6. The summed E-state index contributed by atoms with van der Waals surface area (Å²) in [6, 6.07) is 10.1. The van der Waals surface area contributed by atoms with Crippen LogP contribution in [-0.2, 0) is 23.0 Å². The number of hydrogen-bond acceptors (Lipinski definition) is 4. The first-order chi connectivity index (χ1) is 9.61. The summed E-state index contributed by atoms with van der Waals surface area (Å²) in [4.78, 5) is 1.46. The van der Waals surface area contributed by atoms with Gasteiger partial charge in [0.1, 0.15) is 0 Å². The zero-order chi connectivity index (χ0) is 14.2. The fourth-order valence-electron chi connectivity index (χ4n) is 2.30. The lowest BCUT2D eigenvalue weighted by molar-refractivity contribution is 0.394. The van der Waals surface area contributed by atoms with E-state index in [0.29, 0.717) is 18.7 Å². The third kappa shape index (κ3) is 2.24. The second kappa shape index (κ2) is 5.02. The van der Waals surface area contributed by atoms with Crippen LogP contribution in [0, 0.1) is 11.3 Å². The van der Waals surface area contributed by atoms with Crippen molar-refractivity contribution in [3.8, 4) is 6.07 Å². The van der Waals surface area contributed by atoms with E-state index in [1.807, 2.05) is 17.5 Å². The van der Waals surface area contributed by atoms with Gasteiger partial charge in [-0.3, -0.25) is 0 Å². The van der Waals surface area contributed by atoms with Crippen molar-refractivity contribution < 1.29 is 8.42 Å². The summed E-state index contributed by atoms with van der Waals surface area (Å²) in [5, 5.41) is 10.9. The molecule has 4 nitrogen and oxygen atoms in total. The largest absolute Gasteiger partial charge is 0.243 e. The van der Waals surface area contributed by atoms with Gasteiger partial charge in [-0.1, -0.05) is 6.07 Å².